The normalized spacial score (nSPS) is 23.8. The Morgan fingerprint density at radius 3 is 2.50 bits per heavy atom. The average Bonchev–Trinajstić information content (AvgIpc) is 3.05. The molecule has 1 aliphatic heterocycles. The minimum absolute atomic E-state index is 0.0570. The topological polar surface area (TPSA) is 90.9 Å². The van der Waals surface area contributed by atoms with Gasteiger partial charge in [0, 0.05) is 24.6 Å². The number of hydrogen-bond acceptors (Lipinski definition) is 6. The number of allylic oxidation sites excluding steroid dienone is 4. The van der Waals surface area contributed by atoms with Crippen LogP contribution in [0.15, 0.2) is 53.6 Å². The fraction of sp³-hybridized carbons (Fsp3) is 0.516. The SMILES string of the molecule is C=CCC1=C(C)C(OC(=O)C2C(C=C(C)C)C2(C)C)CC1=O.CNC(=O)Oc1cccc2c1OC(C)(C)C2. The number of fused-ring (bicyclic) bond motifs is 1. The molecule has 1 aromatic carbocycles. The van der Waals surface area contributed by atoms with Gasteiger partial charge in [-0.2, -0.15) is 0 Å². The van der Waals surface area contributed by atoms with Crippen LogP contribution in [0.25, 0.3) is 0 Å². The molecule has 7 heteroatoms. The molecule has 206 valence electrons. The average molecular weight is 524 g/mol. The molecular formula is C31H41NO6. The van der Waals surface area contributed by atoms with Crippen LogP contribution >= 0.6 is 0 Å². The molecule has 0 bridgehead atoms. The van der Waals surface area contributed by atoms with Crippen molar-refractivity contribution in [3.63, 3.8) is 0 Å². The summed E-state index contributed by atoms with van der Waals surface area (Å²) >= 11 is 0. The van der Waals surface area contributed by atoms with Gasteiger partial charge in [0.25, 0.3) is 0 Å². The number of nitrogens with one attached hydrogen (secondary N) is 1. The van der Waals surface area contributed by atoms with E-state index in [0.29, 0.717) is 17.9 Å². The Labute approximate surface area is 226 Å². The zero-order chi connectivity index (χ0) is 28.4. The van der Waals surface area contributed by atoms with Crippen LogP contribution in [0.2, 0.25) is 0 Å². The summed E-state index contributed by atoms with van der Waals surface area (Å²) in [5, 5.41) is 2.41. The van der Waals surface area contributed by atoms with Crippen LogP contribution in [0.4, 0.5) is 4.79 Å². The Morgan fingerprint density at radius 2 is 1.89 bits per heavy atom. The van der Waals surface area contributed by atoms with Crippen molar-refractivity contribution >= 4 is 17.8 Å². The Balaban J connectivity index is 0.000000221. The maximum atomic E-state index is 12.5. The van der Waals surface area contributed by atoms with Crippen LogP contribution in [-0.4, -0.2) is 36.6 Å². The van der Waals surface area contributed by atoms with E-state index in [2.05, 4.69) is 31.8 Å². The molecule has 0 spiro atoms. The lowest BCUT2D eigenvalue weighted by Crippen LogP contribution is -2.25. The summed E-state index contributed by atoms with van der Waals surface area (Å²) in [6, 6.07) is 5.58. The summed E-state index contributed by atoms with van der Waals surface area (Å²) in [4.78, 5) is 35.6. The van der Waals surface area contributed by atoms with Crippen LogP contribution in [-0.2, 0) is 20.7 Å². The van der Waals surface area contributed by atoms with E-state index >= 15 is 0 Å². The number of esters is 1. The molecule has 1 amide bonds. The third-order valence-corrected chi connectivity index (χ3v) is 7.41. The molecule has 1 N–H and O–H groups in total. The molecule has 2 aliphatic carbocycles. The lowest BCUT2D eigenvalue weighted by molar-refractivity contribution is -0.150. The highest BCUT2D eigenvalue weighted by atomic mass is 16.6. The third kappa shape index (κ3) is 6.37. The molecule has 1 saturated carbocycles. The predicted molar refractivity (Wildman–Crippen MR) is 147 cm³/mol. The predicted octanol–water partition coefficient (Wildman–Crippen LogP) is 6.12. The summed E-state index contributed by atoms with van der Waals surface area (Å²) in [7, 11) is 1.52. The van der Waals surface area contributed by atoms with E-state index in [9.17, 15) is 14.4 Å². The molecule has 0 aromatic heterocycles. The van der Waals surface area contributed by atoms with Gasteiger partial charge in [0.15, 0.2) is 17.3 Å². The summed E-state index contributed by atoms with van der Waals surface area (Å²) in [5.41, 5.74) is 3.64. The monoisotopic (exact) mass is 523 g/mol. The van der Waals surface area contributed by atoms with Crippen molar-refractivity contribution < 1.29 is 28.6 Å². The fourth-order valence-electron chi connectivity index (χ4n) is 5.24. The number of hydrogen-bond donors (Lipinski definition) is 1. The molecule has 3 unspecified atom stereocenters. The van der Waals surface area contributed by atoms with Crippen molar-refractivity contribution in [2.45, 2.75) is 79.4 Å². The van der Waals surface area contributed by atoms with Gasteiger partial charge in [0.2, 0.25) is 0 Å². The van der Waals surface area contributed by atoms with Gasteiger partial charge >= 0.3 is 12.1 Å². The smallest absolute Gasteiger partial charge is 0.412 e. The van der Waals surface area contributed by atoms with Gasteiger partial charge in [-0.05, 0) is 64.0 Å². The van der Waals surface area contributed by atoms with E-state index in [0.717, 1.165) is 23.1 Å². The van der Waals surface area contributed by atoms with Gasteiger partial charge in [-0.3, -0.25) is 9.59 Å². The van der Waals surface area contributed by atoms with E-state index < -0.39 is 12.2 Å². The van der Waals surface area contributed by atoms with Gasteiger partial charge < -0.3 is 19.5 Å². The maximum Gasteiger partial charge on any atom is 0.412 e. The lowest BCUT2D eigenvalue weighted by atomic mass is 10.0. The summed E-state index contributed by atoms with van der Waals surface area (Å²) in [6.45, 7) is 17.8. The molecule has 1 heterocycles. The number of ether oxygens (including phenoxy) is 3. The molecule has 0 saturated heterocycles. The zero-order valence-corrected chi connectivity index (χ0v) is 23.9. The standard InChI is InChI=1S/C19H26O3.C12H15NO3/c1-7-8-13-12(4)16(10-15(13)20)22-18(21)17-14(9-11(2)3)19(17,5)6;1-12(2)7-8-5-4-6-9(10(8)16-12)15-11(14)13-3/h7,9,14,16-17H,1,8,10H2,2-6H3;4-6H,7H2,1-3H3,(H,13,14). The van der Waals surface area contributed by atoms with Crippen molar-refractivity contribution in [3.8, 4) is 11.5 Å². The van der Waals surface area contributed by atoms with E-state index in [-0.39, 0.29) is 41.0 Å². The zero-order valence-electron chi connectivity index (χ0n) is 23.9. The molecule has 0 radical (unpaired) electrons. The number of amides is 1. The Bertz CT molecular complexity index is 1180. The number of ketones is 1. The first-order chi connectivity index (χ1) is 17.7. The second-order valence-corrected chi connectivity index (χ2v) is 11.7. The van der Waals surface area contributed by atoms with E-state index in [1.54, 1.807) is 12.1 Å². The number of para-hydroxylation sites is 1. The largest absolute Gasteiger partial charge is 0.483 e. The van der Waals surface area contributed by atoms with Crippen LogP contribution in [0.3, 0.4) is 0 Å². The first-order valence-electron chi connectivity index (χ1n) is 13.1. The Morgan fingerprint density at radius 1 is 1.21 bits per heavy atom. The summed E-state index contributed by atoms with van der Waals surface area (Å²) < 4.78 is 16.6. The number of benzene rings is 1. The van der Waals surface area contributed by atoms with Crippen LogP contribution in [0.1, 0.15) is 66.9 Å². The third-order valence-electron chi connectivity index (χ3n) is 7.41. The second kappa shape index (κ2) is 11.2. The summed E-state index contributed by atoms with van der Waals surface area (Å²) in [6.07, 6.45) is 4.65. The Kier molecular flexibility index (Phi) is 8.59. The van der Waals surface area contributed by atoms with E-state index in [1.165, 1.54) is 12.6 Å². The van der Waals surface area contributed by atoms with Crippen LogP contribution < -0.4 is 14.8 Å². The molecule has 1 fully saturated rings. The minimum atomic E-state index is -0.485. The molecule has 1 aromatic rings. The minimum Gasteiger partial charge on any atom is -0.483 e. The first-order valence-corrected chi connectivity index (χ1v) is 13.1. The highest BCUT2D eigenvalue weighted by Crippen LogP contribution is 2.60. The van der Waals surface area contributed by atoms with Gasteiger partial charge in [-0.15, -0.1) is 6.58 Å². The molecule has 3 atom stereocenters. The second-order valence-electron chi connectivity index (χ2n) is 11.7. The highest BCUT2D eigenvalue weighted by molar-refractivity contribution is 6.00. The van der Waals surface area contributed by atoms with Crippen molar-refractivity contribution in [3.05, 3.63) is 59.2 Å². The molecular weight excluding hydrogens is 482 g/mol. The molecule has 7 nitrogen and oxygen atoms in total. The van der Waals surface area contributed by atoms with Gasteiger partial charge in [-0.25, -0.2) is 4.79 Å². The van der Waals surface area contributed by atoms with Crippen LogP contribution in [0, 0.1) is 17.3 Å². The molecule has 38 heavy (non-hydrogen) atoms. The van der Waals surface area contributed by atoms with E-state index in [4.69, 9.17) is 14.2 Å². The Hall–Kier alpha value is -3.35. The van der Waals surface area contributed by atoms with Crippen molar-refractivity contribution in [2.75, 3.05) is 7.05 Å². The van der Waals surface area contributed by atoms with Gasteiger partial charge in [-0.1, -0.05) is 43.7 Å². The maximum absolute atomic E-state index is 12.5. The number of rotatable bonds is 6. The number of Topliss-reactive ketones (excluding diaryl/α,β-unsaturated/α-hetero) is 1. The van der Waals surface area contributed by atoms with Crippen LogP contribution in [0.5, 0.6) is 11.5 Å². The first kappa shape index (κ1) is 29.2. The highest BCUT2D eigenvalue weighted by Gasteiger charge is 2.61. The lowest BCUT2D eigenvalue weighted by Gasteiger charge is -2.17. The fourth-order valence-corrected chi connectivity index (χ4v) is 5.24. The number of carbonyl (C=O) groups is 3. The van der Waals surface area contributed by atoms with E-state index in [1.807, 2.05) is 46.8 Å². The molecule has 3 aliphatic rings. The van der Waals surface area contributed by atoms with Crippen molar-refractivity contribution in [1.29, 1.82) is 0 Å². The number of carbonyl (C=O) groups excluding carboxylic acids is 3. The van der Waals surface area contributed by atoms with Gasteiger partial charge in [0.05, 0.1) is 12.3 Å². The summed E-state index contributed by atoms with van der Waals surface area (Å²) in [5.74, 6) is 1.18. The quantitative estimate of drug-likeness (QED) is 0.357. The van der Waals surface area contributed by atoms with Gasteiger partial charge in [0.1, 0.15) is 11.7 Å². The molecule has 4 rings (SSSR count). The van der Waals surface area contributed by atoms with Crippen molar-refractivity contribution in [1.82, 2.24) is 5.32 Å². The van der Waals surface area contributed by atoms with Crippen molar-refractivity contribution in [2.24, 2.45) is 17.3 Å².